The van der Waals surface area contributed by atoms with Crippen molar-refractivity contribution in [1.29, 1.82) is 0 Å². The van der Waals surface area contributed by atoms with Gasteiger partial charge in [-0.2, -0.15) is 4.31 Å². The van der Waals surface area contributed by atoms with E-state index in [9.17, 15) is 17.2 Å². The molecule has 0 aromatic heterocycles. The van der Waals surface area contributed by atoms with Crippen LogP contribution in [0.4, 0.5) is 8.78 Å². The smallest absolute Gasteiger partial charge is 0.243 e. The number of nitrogens with zero attached hydrogens (tertiary/aromatic N) is 1. The van der Waals surface area contributed by atoms with Crippen LogP contribution in [0.2, 0.25) is 0 Å². The standard InChI is InChI=1S/C15H16F2N2O2S/c1-19(10-15(18)11-5-3-2-4-6-11)22(20,21)14-8-12(16)7-13(17)9-14/h2-9,15H,10,18H2,1H3/t15-/m1/s1. The molecule has 0 aliphatic rings. The summed E-state index contributed by atoms with van der Waals surface area (Å²) >= 11 is 0. The van der Waals surface area contributed by atoms with E-state index in [1.54, 1.807) is 24.3 Å². The molecule has 0 aliphatic carbocycles. The first kappa shape index (κ1) is 16.5. The van der Waals surface area contributed by atoms with E-state index in [4.69, 9.17) is 5.73 Å². The Kier molecular flexibility index (Phi) is 4.90. The Bertz CT molecular complexity index is 731. The van der Waals surface area contributed by atoms with E-state index < -0.39 is 32.6 Å². The Balaban J connectivity index is 2.22. The Labute approximate surface area is 128 Å². The predicted octanol–water partition coefficient (Wildman–Crippen LogP) is 2.29. The first-order chi connectivity index (χ1) is 10.3. The molecule has 0 fully saturated rings. The van der Waals surface area contributed by atoms with Crippen molar-refractivity contribution in [3.05, 3.63) is 65.7 Å². The normalized spacial score (nSPS) is 13.3. The molecule has 118 valence electrons. The van der Waals surface area contributed by atoms with Gasteiger partial charge in [-0.3, -0.25) is 0 Å². The zero-order valence-corrected chi connectivity index (χ0v) is 12.7. The maximum Gasteiger partial charge on any atom is 0.243 e. The van der Waals surface area contributed by atoms with Gasteiger partial charge in [0, 0.05) is 25.7 Å². The Hall–Kier alpha value is -1.83. The second-order valence-corrected chi connectivity index (χ2v) is 6.95. The lowest BCUT2D eigenvalue weighted by molar-refractivity contribution is 0.438. The monoisotopic (exact) mass is 326 g/mol. The predicted molar refractivity (Wildman–Crippen MR) is 79.5 cm³/mol. The van der Waals surface area contributed by atoms with Crippen molar-refractivity contribution in [2.75, 3.05) is 13.6 Å². The molecule has 4 nitrogen and oxygen atoms in total. The molecule has 0 heterocycles. The average Bonchev–Trinajstić information content (AvgIpc) is 2.47. The van der Waals surface area contributed by atoms with Crippen LogP contribution in [-0.2, 0) is 10.0 Å². The van der Waals surface area contributed by atoms with Crippen molar-refractivity contribution in [1.82, 2.24) is 4.31 Å². The van der Waals surface area contributed by atoms with Crippen molar-refractivity contribution in [2.45, 2.75) is 10.9 Å². The Morgan fingerprint density at radius 1 is 1.09 bits per heavy atom. The van der Waals surface area contributed by atoms with Gasteiger partial charge in [0.15, 0.2) is 0 Å². The lowest BCUT2D eigenvalue weighted by atomic mass is 10.1. The number of halogens is 2. The van der Waals surface area contributed by atoms with Crippen LogP contribution in [0.25, 0.3) is 0 Å². The summed E-state index contributed by atoms with van der Waals surface area (Å²) in [5.74, 6) is -1.89. The van der Waals surface area contributed by atoms with Gasteiger partial charge < -0.3 is 5.73 Å². The van der Waals surface area contributed by atoms with Gasteiger partial charge in [-0.05, 0) is 17.7 Å². The molecule has 0 spiro atoms. The number of benzene rings is 2. The summed E-state index contributed by atoms with van der Waals surface area (Å²) in [6.07, 6.45) is 0. The largest absolute Gasteiger partial charge is 0.323 e. The van der Waals surface area contributed by atoms with Crippen molar-refractivity contribution < 1.29 is 17.2 Å². The Morgan fingerprint density at radius 2 is 1.64 bits per heavy atom. The summed E-state index contributed by atoms with van der Waals surface area (Å²) in [6.45, 7) is -0.00945. The fourth-order valence-corrected chi connectivity index (χ4v) is 3.28. The molecule has 0 aliphatic heterocycles. The number of hydrogen-bond acceptors (Lipinski definition) is 3. The summed E-state index contributed by atoms with van der Waals surface area (Å²) in [7, 11) is -2.69. The topological polar surface area (TPSA) is 63.4 Å². The molecule has 0 amide bonds. The third-order valence-electron chi connectivity index (χ3n) is 3.23. The van der Waals surface area contributed by atoms with Gasteiger partial charge in [-0.1, -0.05) is 30.3 Å². The lowest BCUT2D eigenvalue weighted by Crippen LogP contribution is -2.34. The summed E-state index contributed by atoms with van der Waals surface area (Å²) in [4.78, 5) is -0.437. The first-order valence-electron chi connectivity index (χ1n) is 6.53. The van der Waals surface area contributed by atoms with Gasteiger partial charge in [-0.15, -0.1) is 0 Å². The minimum Gasteiger partial charge on any atom is -0.323 e. The number of likely N-dealkylation sites (N-methyl/N-ethyl adjacent to an activating group) is 1. The minimum atomic E-state index is -4.01. The molecule has 2 rings (SSSR count). The molecule has 2 N–H and O–H groups in total. The number of sulfonamides is 1. The van der Waals surface area contributed by atoms with Crippen LogP contribution in [0.1, 0.15) is 11.6 Å². The molecular weight excluding hydrogens is 310 g/mol. The van der Waals surface area contributed by atoms with Gasteiger partial charge in [0.25, 0.3) is 0 Å². The van der Waals surface area contributed by atoms with Gasteiger partial charge in [0.1, 0.15) is 11.6 Å². The van der Waals surface area contributed by atoms with E-state index in [-0.39, 0.29) is 6.54 Å². The summed E-state index contributed by atoms with van der Waals surface area (Å²) < 4.78 is 52.1. The molecule has 22 heavy (non-hydrogen) atoms. The molecular formula is C15H16F2N2O2S. The van der Waals surface area contributed by atoms with Crippen LogP contribution in [0.3, 0.4) is 0 Å². The first-order valence-corrected chi connectivity index (χ1v) is 7.97. The van der Waals surface area contributed by atoms with Crippen LogP contribution in [0, 0.1) is 11.6 Å². The average molecular weight is 326 g/mol. The van der Waals surface area contributed by atoms with E-state index in [2.05, 4.69) is 0 Å². The van der Waals surface area contributed by atoms with Crippen molar-refractivity contribution in [3.8, 4) is 0 Å². The van der Waals surface area contributed by atoms with Gasteiger partial charge in [0.05, 0.1) is 4.90 Å². The van der Waals surface area contributed by atoms with E-state index >= 15 is 0 Å². The summed E-state index contributed by atoms with van der Waals surface area (Å²) in [5.41, 5.74) is 6.75. The fraction of sp³-hybridized carbons (Fsp3) is 0.200. The molecule has 0 bridgehead atoms. The number of rotatable bonds is 5. The summed E-state index contributed by atoms with van der Waals surface area (Å²) in [6, 6.07) is 10.6. The zero-order chi connectivity index (χ0) is 16.3. The van der Waals surface area contributed by atoms with E-state index in [1.165, 1.54) is 7.05 Å². The van der Waals surface area contributed by atoms with Gasteiger partial charge in [0.2, 0.25) is 10.0 Å². The van der Waals surface area contributed by atoms with Crippen LogP contribution < -0.4 is 5.73 Å². The van der Waals surface area contributed by atoms with Crippen LogP contribution in [0.15, 0.2) is 53.4 Å². The number of hydrogen-bond donors (Lipinski definition) is 1. The molecule has 1 atom stereocenters. The fourth-order valence-electron chi connectivity index (χ4n) is 2.04. The highest BCUT2D eigenvalue weighted by atomic mass is 32.2. The second-order valence-electron chi connectivity index (χ2n) is 4.91. The third kappa shape index (κ3) is 3.68. The van der Waals surface area contributed by atoms with Crippen molar-refractivity contribution in [3.63, 3.8) is 0 Å². The quantitative estimate of drug-likeness (QED) is 0.917. The Morgan fingerprint density at radius 3 is 2.18 bits per heavy atom. The second kappa shape index (κ2) is 6.51. The molecule has 2 aromatic carbocycles. The zero-order valence-electron chi connectivity index (χ0n) is 11.9. The maximum absolute atomic E-state index is 13.2. The molecule has 2 aromatic rings. The van der Waals surface area contributed by atoms with E-state index in [1.807, 2.05) is 6.07 Å². The molecule has 0 saturated heterocycles. The molecule has 0 unspecified atom stereocenters. The van der Waals surface area contributed by atoms with Crippen LogP contribution in [0.5, 0.6) is 0 Å². The highest BCUT2D eigenvalue weighted by Gasteiger charge is 2.24. The molecule has 0 saturated carbocycles. The SMILES string of the molecule is CN(C[C@@H](N)c1ccccc1)S(=O)(=O)c1cc(F)cc(F)c1. The minimum absolute atomic E-state index is 0.00945. The van der Waals surface area contributed by atoms with Crippen LogP contribution in [-0.4, -0.2) is 26.3 Å². The molecule has 0 radical (unpaired) electrons. The van der Waals surface area contributed by atoms with Crippen LogP contribution >= 0.6 is 0 Å². The van der Waals surface area contributed by atoms with E-state index in [0.717, 1.165) is 22.0 Å². The van der Waals surface area contributed by atoms with E-state index in [0.29, 0.717) is 6.07 Å². The summed E-state index contributed by atoms with van der Waals surface area (Å²) in [5, 5.41) is 0. The number of nitrogens with two attached hydrogens (primary N) is 1. The maximum atomic E-state index is 13.2. The molecule has 7 heteroatoms. The van der Waals surface area contributed by atoms with Gasteiger partial charge >= 0.3 is 0 Å². The highest BCUT2D eigenvalue weighted by molar-refractivity contribution is 7.89. The lowest BCUT2D eigenvalue weighted by Gasteiger charge is -2.21. The van der Waals surface area contributed by atoms with Crippen molar-refractivity contribution >= 4 is 10.0 Å². The highest BCUT2D eigenvalue weighted by Crippen LogP contribution is 2.20. The van der Waals surface area contributed by atoms with Crippen molar-refractivity contribution in [2.24, 2.45) is 5.73 Å². The van der Waals surface area contributed by atoms with Gasteiger partial charge in [-0.25, -0.2) is 17.2 Å². The third-order valence-corrected chi connectivity index (χ3v) is 5.03.